The van der Waals surface area contributed by atoms with Crippen molar-refractivity contribution in [1.82, 2.24) is 0 Å². The van der Waals surface area contributed by atoms with Crippen molar-refractivity contribution in [2.75, 3.05) is 20.4 Å². The average Bonchev–Trinajstić information content (AvgIpc) is 3.04. The fourth-order valence-corrected chi connectivity index (χ4v) is 4.03. The molecule has 4 rings (SSSR count). The fourth-order valence-electron chi connectivity index (χ4n) is 3.78. The van der Waals surface area contributed by atoms with Crippen LogP contribution in [0.25, 0.3) is 6.08 Å². The summed E-state index contributed by atoms with van der Waals surface area (Å²) in [6.45, 7) is 4.11. The van der Waals surface area contributed by atoms with Crippen LogP contribution in [-0.4, -0.2) is 26.2 Å². The monoisotopic (exact) mass is 429 g/mol. The zero-order valence-electron chi connectivity index (χ0n) is 17.0. The van der Waals surface area contributed by atoms with Crippen molar-refractivity contribution in [3.63, 3.8) is 0 Å². The third kappa shape index (κ3) is 4.03. The molecule has 1 unspecified atom stereocenters. The second-order valence-electron chi connectivity index (χ2n) is 7.69. The number of hydrogen-bond acceptors (Lipinski definition) is 5. The Labute approximate surface area is 180 Å². The lowest BCUT2D eigenvalue weighted by molar-refractivity contribution is -0.894. The molecule has 2 aliphatic heterocycles. The maximum absolute atomic E-state index is 13.0. The van der Waals surface area contributed by atoms with Crippen LogP contribution in [0.4, 0.5) is 0 Å². The highest BCUT2D eigenvalue weighted by molar-refractivity contribution is 6.31. The third-order valence-electron chi connectivity index (χ3n) is 5.32. The first-order chi connectivity index (χ1) is 14.5. The van der Waals surface area contributed by atoms with Gasteiger partial charge in [-0.2, -0.15) is 0 Å². The number of fused-ring (bicyclic) bond motifs is 2. The lowest BCUT2D eigenvalue weighted by Crippen LogP contribution is -3.07. The van der Waals surface area contributed by atoms with Crippen LogP contribution in [-0.2, 0) is 17.9 Å². The van der Waals surface area contributed by atoms with E-state index < -0.39 is 0 Å². The Bertz CT molecular complexity index is 1020. The van der Waals surface area contributed by atoms with Gasteiger partial charge in [0.2, 0.25) is 5.78 Å². The molecule has 6 nitrogen and oxygen atoms in total. The van der Waals surface area contributed by atoms with Crippen LogP contribution >= 0.6 is 11.6 Å². The molecule has 0 bridgehead atoms. The first kappa shape index (κ1) is 20.7. The van der Waals surface area contributed by atoms with Gasteiger partial charge in [-0.25, -0.2) is 0 Å². The van der Waals surface area contributed by atoms with Crippen molar-refractivity contribution in [3.8, 4) is 17.2 Å². The minimum atomic E-state index is -0.252. The molecule has 7 heteroatoms. The standard InChI is InChI=1S/C23H24ClNO5/c1-3-4-7-25(2)11-18-19(26)6-5-17-21(27)20(30-23(17)18)10-14-8-16(24)9-15-12-28-13-29-22(14)15/h5-6,8-10,26H,3-4,7,11-13H2,1-2H3. The van der Waals surface area contributed by atoms with Gasteiger partial charge in [0.25, 0.3) is 0 Å². The SMILES string of the molecule is CCCC[NH+](C)Cc1c([O-])ccc2c1OC(=Cc1cc(Cl)cc3c1OCOC3)C2=O. The lowest BCUT2D eigenvalue weighted by atomic mass is 10.0. The van der Waals surface area contributed by atoms with E-state index >= 15 is 0 Å². The maximum Gasteiger partial charge on any atom is 0.231 e. The molecule has 0 amide bonds. The number of carbonyl (C=O) groups is 1. The summed E-state index contributed by atoms with van der Waals surface area (Å²) in [4.78, 5) is 14.2. The van der Waals surface area contributed by atoms with Crippen LogP contribution < -0.4 is 19.5 Å². The van der Waals surface area contributed by atoms with Crippen LogP contribution in [0.2, 0.25) is 5.02 Å². The second-order valence-corrected chi connectivity index (χ2v) is 8.13. The molecule has 1 atom stereocenters. The highest BCUT2D eigenvalue weighted by Crippen LogP contribution is 2.40. The number of ether oxygens (including phenoxy) is 3. The maximum atomic E-state index is 13.0. The summed E-state index contributed by atoms with van der Waals surface area (Å²) in [5.41, 5.74) is 2.41. The van der Waals surface area contributed by atoms with E-state index in [1.54, 1.807) is 24.3 Å². The van der Waals surface area contributed by atoms with Crippen molar-refractivity contribution >= 4 is 23.5 Å². The molecule has 2 heterocycles. The highest BCUT2D eigenvalue weighted by atomic mass is 35.5. The minimum absolute atomic E-state index is 0.112. The molecule has 2 aromatic rings. The van der Waals surface area contributed by atoms with E-state index in [0.29, 0.717) is 46.4 Å². The molecule has 0 fully saturated rings. The lowest BCUT2D eigenvalue weighted by Gasteiger charge is -2.20. The number of halogens is 1. The Balaban J connectivity index is 1.68. The predicted molar refractivity (Wildman–Crippen MR) is 111 cm³/mol. The number of benzene rings is 2. The summed E-state index contributed by atoms with van der Waals surface area (Å²) in [5, 5.41) is 13.0. The van der Waals surface area contributed by atoms with Crippen molar-refractivity contribution in [2.45, 2.75) is 32.9 Å². The van der Waals surface area contributed by atoms with Gasteiger partial charge in [0.05, 0.1) is 25.8 Å². The van der Waals surface area contributed by atoms with E-state index in [1.165, 1.54) is 11.0 Å². The first-order valence-electron chi connectivity index (χ1n) is 10.1. The van der Waals surface area contributed by atoms with Crippen LogP contribution in [0.1, 0.15) is 46.8 Å². The predicted octanol–water partition coefficient (Wildman–Crippen LogP) is 2.71. The van der Waals surface area contributed by atoms with Gasteiger partial charge in [0.15, 0.2) is 12.6 Å². The average molecular weight is 430 g/mol. The highest BCUT2D eigenvalue weighted by Gasteiger charge is 2.31. The van der Waals surface area contributed by atoms with Gasteiger partial charge in [0, 0.05) is 21.7 Å². The Kier molecular flexibility index (Phi) is 5.99. The topological polar surface area (TPSA) is 72.3 Å². The first-order valence-corrected chi connectivity index (χ1v) is 10.5. The van der Waals surface area contributed by atoms with Gasteiger partial charge < -0.3 is 24.2 Å². The molecule has 30 heavy (non-hydrogen) atoms. The minimum Gasteiger partial charge on any atom is -0.872 e. The summed E-state index contributed by atoms with van der Waals surface area (Å²) in [6.07, 6.45) is 3.79. The van der Waals surface area contributed by atoms with E-state index in [1.807, 2.05) is 7.05 Å². The fraction of sp³-hybridized carbons (Fsp3) is 0.348. The molecule has 2 aromatic carbocycles. The van der Waals surface area contributed by atoms with Crippen molar-refractivity contribution in [3.05, 3.63) is 57.3 Å². The molecular weight excluding hydrogens is 406 g/mol. The molecule has 0 spiro atoms. The molecule has 0 saturated carbocycles. The number of unbranched alkanes of at least 4 members (excludes halogenated alkanes) is 1. The van der Waals surface area contributed by atoms with Crippen molar-refractivity contribution in [2.24, 2.45) is 0 Å². The number of rotatable bonds is 6. The summed E-state index contributed by atoms with van der Waals surface area (Å²) < 4.78 is 16.9. The smallest absolute Gasteiger partial charge is 0.231 e. The second kappa shape index (κ2) is 8.68. The van der Waals surface area contributed by atoms with Gasteiger partial charge >= 0.3 is 0 Å². The molecular formula is C23H24ClNO5. The molecule has 0 saturated heterocycles. The molecule has 2 aliphatic rings. The molecule has 0 aliphatic carbocycles. The number of quaternary nitrogens is 1. The number of hydrogen-bond donors (Lipinski definition) is 1. The summed E-state index contributed by atoms with van der Waals surface area (Å²) in [7, 11) is 2.04. The van der Waals surface area contributed by atoms with E-state index in [4.69, 9.17) is 25.8 Å². The van der Waals surface area contributed by atoms with Crippen molar-refractivity contribution in [1.29, 1.82) is 0 Å². The van der Waals surface area contributed by atoms with Crippen LogP contribution in [0.15, 0.2) is 30.0 Å². The molecule has 1 N–H and O–H groups in total. The summed E-state index contributed by atoms with van der Waals surface area (Å²) in [5.74, 6) is 0.786. The molecule has 0 aromatic heterocycles. The van der Waals surface area contributed by atoms with Gasteiger partial charge in [-0.05, 0) is 30.7 Å². The van der Waals surface area contributed by atoms with E-state index in [0.717, 1.165) is 24.9 Å². The van der Waals surface area contributed by atoms with E-state index in [-0.39, 0.29) is 24.1 Å². The number of ketones is 1. The number of nitrogens with one attached hydrogen (secondary N) is 1. The molecule has 0 radical (unpaired) electrons. The Morgan fingerprint density at radius 1 is 1.27 bits per heavy atom. The summed E-state index contributed by atoms with van der Waals surface area (Å²) in [6, 6.07) is 6.50. The van der Waals surface area contributed by atoms with Gasteiger partial charge in [-0.1, -0.05) is 36.8 Å². The van der Waals surface area contributed by atoms with Crippen LogP contribution in [0.5, 0.6) is 17.2 Å². The van der Waals surface area contributed by atoms with E-state index in [2.05, 4.69) is 6.92 Å². The van der Waals surface area contributed by atoms with Gasteiger partial charge in [-0.15, -0.1) is 0 Å². The largest absolute Gasteiger partial charge is 0.872 e. The van der Waals surface area contributed by atoms with Crippen LogP contribution in [0.3, 0.4) is 0 Å². The van der Waals surface area contributed by atoms with Crippen molar-refractivity contribution < 1.29 is 29.0 Å². The normalized spacial score (nSPS) is 17.3. The Morgan fingerprint density at radius 2 is 2.10 bits per heavy atom. The number of carbonyl (C=O) groups excluding carboxylic acids is 1. The zero-order chi connectivity index (χ0) is 21.3. The third-order valence-corrected chi connectivity index (χ3v) is 5.54. The number of Topliss-reactive ketones (excluding diaryl/α,β-unsaturated/α-hetero) is 1. The molecule has 158 valence electrons. The Morgan fingerprint density at radius 3 is 2.90 bits per heavy atom. The van der Waals surface area contributed by atoms with Crippen LogP contribution in [0, 0.1) is 0 Å². The Hall–Kier alpha value is -2.54. The summed E-state index contributed by atoms with van der Waals surface area (Å²) >= 11 is 6.23. The zero-order valence-corrected chi connectivity index (χ0v) is 17.8. The van der Waals surface area contributed by atoms with E-state index in [9.17, 15) is 9.90 Å². The van der Waals surface area contributed by atoms with Gasteiger partial charge in [-0.3, -0.25) is 4.79 Å². The van der Waals surface area contributed by atoms with Gasteiger partial charge in [0.1, 0.15) is 18.0 Å². The quantitative estimate of drug-likeness (QED) is 0.715. The number of allylic oxidation sites excluding steroid dienone is 1.